The Morgan fingerprint density at radius 1 is 1.30 bits per heavy atom. The van der Waals surface area contributed by atoms with Gasteiger partial charge in [-0.05, 0) is 55.7 Å². The molecule has 1 aliphatic rings. The summed E-state index contributed by atoms with van der Waals surface area (Å²) in [7, 11) is -3.71. The summed E-state index contributed by atoms with van der Waals surface area (Å²) in [5, 5.41) is 2.88. The molecule has 2 aromatic rings. The van der Waals surface area contributed by atoms with Gasteiger partial charge in [-0.2, -0.15) is 4.31 Å². The minimum absolute atomic E-state index is 0.0000871. The Morgan fingerprint density at radius 3 is 2.63 bits per heavy atom. The number of benzene rings is 1. The third-order valence-corrected chi connectivity index (χ3v) is 7.83. The highest BCUT2D eigenvalue weighted by Crippen LogP contribution is 2.28. The van der Waals surface area contributed by atoms with Crippen LogP contribution in [0.25, 0.3) is 0 Å². The Bertz CT molecular complexity index is 960. The number of nitrogens with one attached hydrogen (secondary N) is 1. The van der Waals surface area contributed by atoms with Gasteiger partial charge in [-0.1, -0.05) is 27.5 Å². The van der Waals surface area contributed by atoms with Crippen LogP contribution < -0.4 is 5.32 Å². The highest BCUT2D eigenvalue weighted by atomic mass is 79.9. The van der Waals surface area contributed by atoms with E-state index in [2.05, 4.69) is 26.2 Å². The molecule has 27 heavy (non-hydrogen) atoms. The average Bonchev–Trinajstić information content (AvgIpc) is 2.65. The zero-order valence-corrected chi connectivity index (χ0v) is 17.8. The van der Waals surface area contributed by atoms with Gasteiger partial charge in [0.1, 0.15) is 10.0 Å². The molecule has 0 saturated carbocycles. The van der Waals surface area contributed by atoms with Crippen LogP contribution in [-0.4, -0.2) is 36.7 Å². The topological polar surface area (TPSA) is 79.4 Å². The van der Waals surface area contributed by atoms with Gasteiger partial charge in [0.2, 0.25) is 15.9 Å². The van der Waals surface area contributed by atoms with Crippen LogP contribution in [-0.2, 0) is 14.8 Å². The molecule has 1 fully saturated rings. The largest absolute Gasteiger partial charge is 0.326 e. The van der Waals surface area contributed by atoms with Crippen LogP contribution in [0.15, 0.2) is 45.9 Å². The number of halogens is 2. The van der Waals surface area contributed by atoms with Gasteiger partial charge in [-0.3, -0.25) is 4.79 Å². The van der Waals surface area contributed by atoms with Crippen LogP contribution in [0.4, 0.5) is 5.69 Å². The summed E-state index contributed by atoms with van der Waals surface area (Å²) in [4.78, 5) is 16.4. The fourth-order valence-electron chi connectivity index (χ4n) is 3.03. The average molecular weight is 473 g/mol. The standard InChI is InChI=1S/C18H19BrClN3O3S/c1-12-11-14(4-5-15(12)19)22-18(24)13-6-9-23(10-7-13)27(25,26)16-3-2-8-21-17(16)20/h2-5,8,11,13H,6-7,9-10H2,1H3,(H,22,24). The number of sulfonamides is 1. The Morgan fingerprint density at radius 2 is 2.00 bits per heavy atom. The van der Waals surface area contributed by atoms with E-state index in [1.165, 1.54) is 16.6 Å². The predicted molar refractivity (Wildman–Crippen MR) is 108 cm³/mol. The molecule has 0 aliphatic carbocycles. The summed E-state index contributed by atoms with van der Waals surface area (Å²) in [5.41, 5.74) is 1.76. The fourth-order valence-corrected chi connectivity index (χ4v) is 5.17. The molecule has 1 aromatic carbocycles. The molecule has 3 rings (SSSR count). The van der Waals surface area contributed by atoms with Gasteiger partial charge in [0.25, 0.3) is 0 Å². The Labute approximate surface area is 172 Å². The van der Waals surface area contributed by atoms with Crippen molar-refractivity contribution in [2.75, 3.05) is 18.4 Å². The highest BCUT2D eigenvalue weighted by Gasteiger charge is 2.33. The number of aromatic nitrogens is 1. The number of anilines is 1. The van der Waals surface area contributed by atoms with E-state index in [9.17, 15) is 13.2 Å². The molecule has 2 heterocycles. The first-order valence-electron chi connectivity index (χ1n) is 8.46. The van der Waals surface area contributed by atoms with Crippen molar-refractivity contribution in [3.8, 4) is 0 Å². The van der Waals surface area contributed by atoms with Gasteiger partial charge < -0.3 is 5.32 Å². The molecular weight excluding hydrogens is 454 g/mol. The van der Waals surface area contributed by atoms with Crippen molar-refractivity contribution in [1.82, 2.24) is 9.29 Å². The van der Waals surface area contributed by atoms with E-state index in [4.69, 9.17) is 11.6 Å². The highest BCUT2D eigenvalue weighted by molar-refractivity contribution is 9.10. The lowest BCUT2D eigenvalue weighted by molar-refractivity contribution is -0.120. The number of piperidine rings is 1. The van der Waals surface area contributed by atoms with E-state index < -0.39 is 10.0 Å². The molecule has 0 atom stereocenters. The Kier molecular flexibility index (Phi) is 6.20. The lowest BCUT2D eigenvalue weighted by atomic mass is 9.97. The summed E-state index contributed by atoms with van der Waals surface area (Å²) in [6.45, 7) is 2.49. The smallest absolute Gasteiger partial charge is 0.246 e. The lowest BCUT2D eigenvalue weighted by Gasteiger charge is -2.30. The zero-order valence-electron chi connectivity index (χ0n) is 14.7. The zero-order chi connectivity index (χ0) is 19.6. The maximum atomic E-state index is 12.7. The molecule has 0 spiro atoms. The first-order chi connectivity index (χ1) is 12.8. The second-order valence-corrected chi connectivity index (χ2v) is 9.54. The molecule has 144 valence electrons. The number of rotatable bonds is 4. The second kappa shape index (κ2) is 8.26. The van der Waals surface area contributed by atoms with E-state index in [0.717, 1.165) is 15.7 Å². The van der Waals surface area contributed by atoms with Crippen molar-refractivity contribution in [2.45, 2.75) is 24.7 Å². The molecule has 1 N–H and O–H groups in total. The molecule has 0 unspecified atom stereocenters. The summed E-state index contributed by atoms with van der Waals surface area (Å²) >= 11 is 9.37. The monoisotopic (exact) mass is 471 g/mol. The number of carbonyl (C=O) groups is 1. The number of pyridine rings is 1. The van der Waals surface area contributed by atoms with E-state index in [1.54, 1.807) is 6.07 Å². The second-order valence-electron chi connectivity index (χ2n) is 6.42. The van der Waals surface area contributed by atoms with Crippen LogP contribution in [0, 0.1) is 12.8 Å². The van der Waals surface area contributed by atoms with Gasteiger partial charge in [-0.25, -0.2) is 13.4 Å². The molecule has 0 radical (unpaired) electrons. The first-order valence-corrected chi connectivity index (χ1v) is 11.1. The molecule has 6 nitrogen and oxygen atoms in total. The Hall–Kier alpha value is -1.48. The summed E-state index contributed by atoms with van der Waals surface area (Å²) in [5.74, 6) is -0.321. The summed E-state index contributed by atoms with van der Waals surface area (Å²) < 4.78 is 27.8. The van der Waals surface area contributed by atoms with Crippen molar-refractivity contribution in [3.05, 3.63) is 51.7 Å². The third kappa shape index (κ3) is 4.51. The van der Waals surface area contributed by atoms with Gasteiger partial charge in [-0.15, -0.1) is 0 Å². The van der Waals surface area contributed by atoms with Gasteiger partial charge in [0, 0.05) is 35.4 Å². The van der Waals surface area contributed by atoms with Gasteiger partial charge in [0.05, 0.1) is 0 Å². The van der Waals surface area contributed by atoms with Crippen LogP contribution >= 0.6 is 27.5 Å². The SMILES string of the molecule is Cc1cc(NC(=O)C2CCN(S(=O)(=O)c3cccnc3Cl)CC2)ccc1Br. The van der Waals surface area contributed by atoms with Crippen LogP contribution in [0.2, 0.25) is 5.15 Å². The number of carbonyl (C=O) groups excluding carboxylic acids is 1. The molecule has 9 heteroatoms. The number of amides is 1. The summed E-state index contributed by atoms with van der Waals surface area (Å²) in [6, 6.07) is 8.60. The molecule has 1 saturated heterocycles. The van der Waals surface area contributed by atoms with E-state index in [-0.39, 0.29) is 35.0 Å². The van der Waals surface area contributed by atoms with Crippen molar-refractivity contribution in [1.29, 1.82) is 0 Å². The van der Waals surface area contributed by atoms with Crippen molar-refractivity contribution in [3.63, 3.8) is 0 Å². The van der Waals surface area contributed by atoms with Crippen LogP contribution in [0.3, 0.4) is 0 Å². The number of nitrogens with zero attached hydrogens (tertiary/aromatic N) is 2. The molecular formula is C18H19BrClN3O3S. The molecule has 1 aliphatic heterocycles. The lowest BCUT2D eigenvalue weighted by Crippen LogP contribution is -2.41. The minimum Gasteiger partial charge on any atom is -0.326 e. The van der Waals surface area contributed by atoms with Gasteiger partial charge >= 0.3 is 0 Å². The predicted octanol–water partition coefficient (Wildman–Crippen LogP) is 3.85. The minimum atomic E-state index is -3.71. The quantitative estimate of drug-likeness (QED) is 0.686. The third-order valence-electron chi connectivity index (χ3n) is 4.59. The fraction of sp³-hybridized carbons (Fsp3) is 0.333. The van der Waals surface area contributed by atoms with Crippen LogP contribution in [0.5, 0.6) is 0 Å². The first kappa shape index (κ1) is 20.3. The van der Waals surface area contributed by atoms with Crippen molar-refractivity contribution in [2.24, 2.45) is 5.92 Å². The molecule has 1 aromatic heterocycles. The maximum absolute atomic E-state index is 12.7. The van der Waals surface area contributed by atoms with Crippen LogP contribution in [0.1, 0.15) is 18.4 Å². The van der Waals surface area contributed by atoms with E-state index >= 15 is 0 Å². The number of aryl methyl sites for hydroxylation is 1. The normalized spacial score (nSPS) is 16.3. The van der Waals surface area contributed by atoms with Crippen molar-refractivity contribution < 1.29 is 13.2 Å². The maximum Gasteiger partial charge on any atom is 0.246 e. The van der Waals surface area contributed by atoms with E-state index in [0.29, 0.717) is 12.8 Å². The Balaban J connectivity index is 1.63. The summed E-state index contributed by atoms with van der Waals surface area (Å²) in [6.07, 6.45) is 2.36. The number of hydrogen-bond donors (Lipinski definition) is 1. The van der Waals surface area contributed by atoms with Crippen molar-refractivity contribution >= 4 is 49.1 Å². The number of hydrogen-bond acceptors (Lipinski definition) is 4. The molecule has 0 bridgehead atoms. The van der Waals surface area contributed by atoms with E-state index in [1.807, 2.05) is 25.1 Å². The molecule has 1 amide bonds. The van der Waals surface area contributed by atoms with Gasteiger partial charge in [0.15, 0.2) is 0 Å².